The smallest absolute Gasteiger partial charge is 0.322 e. The van der Waals surface area contributed by atoms with Crippen molar-refractivity contribution in [2.24, 2.45) is 5.73 Å². The van der Waals surface area contributed by atoms with Gasteiger partial charge in [0.15, 0.2) is 0 Å². The lowest BCUT2D eigenvalue weighted by Gasteiger charge is -2.10. The molecule has 0 spiro atoms. The lowest BCUT2D eigenvalue weighted by atomic mass is 10.1. The topological polar surface area (TPSA) is 90.7 Å². The van der Waals surface area contributed by atoms with E-state index in [9.17, 15) is 14.0 Å². The number of ether oxygens (including phenoxy) is 2. The van der Waals surface area contributed by atoms with Crippen molar-refractivity contribution in [3.63, 3.8) is 0 Å². The summed E-state index contributed by atoms with van der Waals surface area (Å²) >= 11 is 6.00. The molecule has 1 heterocycles. The standard InChI is InChI=1S/C20H17FN2O4S2/c1-26-19(25)16(22)8-11-2-5-13(6-3-11)27-14-7-4-12(15(21)10-14)9-17-18(24)23-20(28)29-17/h2-7,9-10,16H,8,22H2,1H3,(H,23,24,28)/t16-/m0/s1. The van der Waals surface area contributed by atoms with Crippen LogP contribution in [-0.2, 0) is 20.7 Å². The molecule has 3 N–H and O–H groups in total. The Hall–Kier alpha value is -2.75. The molecule has 9 heteroatoms. The fraction of sp³-hybridized carbons (Fsp3) is 0.150. The summed E-state index contributed by atoms with van der Waals surface area (Å²) in [5.74, 6) is -0.538. The summed E-state index contributed by atoms with van der Waals surface area (Å²) in [6.45, 7) is 0. The molecule has 29 heavy (non-hydrogen) atoms. The number of hydrogen-bond donors (Lipinski definition) is 2. The van der Waals surface area contributed by atoms with Crippen LogP contribution in [0.3, 0.4) is 0 Å². The SMILES string of the molecule is COC(=O)[C@@H](N)Cc1ccc(Oc2ccc(C=C3SC(=S)NC3=O)c(F)c2)cc1. The van der Waals surface area contributed by atoms with E-state index in [0.29, 0.717) is 27.1 Å². The first-order valence-corrected chi connectivity index (χ1v) is 9.73. The predicted molar refractivity (Wildman–Crippen MR) is 113 cm³/mol. The van der Waals surface area contributed by atoms with E-state index >= 15 is 0 Å². The van der Waals surface area contributed by atoms with Crippen LogP contribution >= 0.6 is 24.0 Å². The second-order valence-corrected chi connectivity index (χ2v) is 7.83. The average Bonchev–Trinajstić information content (AvgIpc) is 3.01. The third-order valence-corrected chi connectivity index (χ3v) is 5.18. The molecule has 0 aromatic heterocycles. The maximum absolute atomic E-state index is 14.4. The summed E-state index contributed by atoms with van der Waals surface area (Å²) in [5.41, 5.74) is 6.84. The van der Waals surface area contributed by atoms with Crippen molar-refractivity contribution in [3.8, 4) is 11.5 Å². The van der Waals surface area contributed by atoms with E-state index in [2.05, 4.69) is 10.1 Å². The Bertz CT molecular complexity index is 992. The summed E-state index contributed by atoms with van der Waals surface area (Å²) in [6.07, 6.45) is 1.78. The van der Waals surface area contributed by atoms with Crippen LogP contribution < -0.4 is 15.8 Å². The van der Waals surface area contributed by atoms with Crippen molar-refractivity contribution in [2.45, 2.75) is 12.5 Å². The van der Waals surface area contributed by atoms with Crippen LogP contribution in [0.15, 0.2) is 47.4 Å². The highest BCUT2D eigenvalue weighted by Crippen LogP contribution is 2.29. The zero-order valence-corrected chi connectivity index (χ0v) is 16.9. The number of methoxy groups -OCH3 is 1. The van der Waals surface area contributed by atoms with Gasteiger partial charge in [-0.2, -0.15) is 0 Å². The Morgan fingerprint density at radius 3 is 2.55 bits per heavy atom. The number of benzene rings is 2. The number of rotatable bonds is 6. The molecule has 1 aliphatic heterocycles. The lowest BCUT2D eigenvalue weighted by molar-refractivity contribution is -0.142. The number of amides is 1. The summed E-state index contributed by atoms with van der Waals surface area (Å²) < 4.78 is 25.0. The largest absolute Gasteiger partial charge is 0.468 e. The molecular formula is C20H17FN2O4S2. The summed E-state index contributed by atoms with van der Waals surface area (Å²) in [6, 6.07) is 10.6. The number of esters is 1. The molecule has 0 aliphatic carbocycles. The highest BCUT2D eigenvalue weighted by atomic mass is 32.2. The van der Waals surface area contributed by atoms with Crippen molar-refractivity contribution < 1.29 is 23.5 Å². The molecule has 1 aliphatic rings. The Labute approximate surface area is 176 Å². The van der Waals surface area contributed by atoms with Gasteiger partial charge in [0.25, 0.3) is 5.91 Å². The first-order chi connectivity index (χ1) is 13.9. The molecule has 0 radical (unpaired) electrons. The summed E-state index contributed by atoms with van der Waals surface area (Å²) in [7, 11) is 1.29. The molecule has 1 saturated heterocycles. The molecule has 0 bridgehead atoms. The van der Waals surface area contributed by atoms with E-state index in [0.717, 1.165) is 17.3 Å². The first kappa shape index (κ1) is 21.0. The molecule has 2 aromatic carbocycles. The number of hydrogen-bond acceptors (Lipinski definition) is 7. The van der Waals surface area contributed by atoms with E-state index in [-0.39, 0.29) is 11.5 Å². The van der Waals surface area contributed by atoms with Gasteiger partial charge in [-0.05, 0) is 42.3 Å². The Morgan fingerprint density at radius 1 is 1.28 bits per heavy atom. The van der Waals surface area contributed by atoms with Crippen molar-refractivity contribution >= 4 is 46.3 Å². The van der Waals surface area contributed by atoms with Gasteiger partial charge in [-0.3, -0.25) is 9.59 Å². The zero-order chi connectivity index (χ0) is 21.0. The maximum atomic E-state index is 14.4. The van der Waals surface area contributed by atoms with Crippen molar-refractivity contribution in [1.29, 1.82) is 0 Å². The highest BCUT2D eigenvalue weighted by molar-refractivity contribution is 8.26. The van der Waals surface area contributed by atoms with Gasteiger partial charge in [0.05, 0.1) is 12.0 Å². The van der Waals surface area contributed by atoms with Crippen LogP contribution in [0.25, 0.3) is 6.08 Å². The van der Waals surface area contributed by atoms with Gasteiger partial charge in [0, 0.05) is 11.6 Å². The molecule has 150 valence electrons. The summed E-state index contributed by atoms with van der Waals surface area (Å²) in [4.78, 5) is 23.4. The first-order valence-electron chi connectivity index (χ1n) is 8.50. The van der Waals surface area contributed by atoms with Gasteiger partial charge in [-0.1, -0.05) is 36.1 Å². The number of nitrogens with one attached hydrogen (secondary N) is 1. The average molecular weight is 432 g/mol. The van der Waals surface area contributed by atoms with Crippen LogP contribution in [0.2, 0.25) is 0 Å². The van der Waals surface area contributed by atoms with Crippen LogP contribution in [-0.4, -0.2) is 29.3 Å². The molecule has 1 amide bonds. The van der Waals surface area contributed by atoms with Gasteiger partial charge < -0.3 is 20.5 Å². The minimum absolute atomic E-state index is 0.256. The van der Waals surface area contributed by atoms with Crippen molar-refractivity contribution in [2.75, 3.05) is 7.11 Å². The van der Waals surface area contributed by atoms with Gasteiger partial charge in [0.2, 0.25) is 0 Å². The molecule has 1 atom stereocenters. The number of carbonyl (C=O) groups is 2. The summed E-state index contributed by atoms with van der Waals surface area (Å²) in [5, 5.41) is 2.48. The monoisotopic (exact) mass is 432 g/mol. The maximum Gasteiger partial charge on any atom is 0.322 e. The number of thiocarbonyl (C=S) groups is 1. The fourth-order valence-corrected chi connectivity index (χ4v) is 3.60. The number of carbonyl (C=O) groups excluding carboxylic acids is 2. The Morgan fingerprint density at radius 2 is 1.97 bits per heavy atom. The molecular weight excluding hydrogens is 415 g/mol. The van der Waals surface area contributed by atoms with Gasteiger partial charge in [-0.15, -0.1) is 0 Å². The van der Waals surface area contributed by atoms with Gasteiger partial charge in [0.1, 0.15) is 27.7 Å². The second kappa shape index (κ2) is 9.17. The number of halogens is 1. The second-order valence-electron chi connectivity index (χ2n) is 6.12. The predicted octanol–water partition coefficient (Wildman–Crippen LogP) is 3.15. The number of thioether (sulfide) groups is 1. The third kappa shape index (κ3) is 5.41. The zero-order valence-electron chi connectivity index (χ0n) is 15.3. The van der Waals surface area contributed by atoms with E-state index in [1.54, 1.807) is 30.3 Å². The normalized spacial score (nSPS) is 15.9. The Kier molecular flexibility index (Phi) is 6.63. The van der Waals surface area contributed by atoms with E-state index < -0.39 is 17.8 Å². The molecule has 2 aromatic rings. The fourth-order valence-electron chi connectivity index (χ4n) is 2.57. The van der Waals surface area contributed by atoms with Crippen LogP contribution in [0, 0.1) is 5.82 Å². The van der Waals surface area contributed by atoms with Crippen LogP contribution in [0.4, 0.5) is 4.39 Å². The lowest BCUT2D eigenvalue weighted by Crippen LogP contribution is -2.33. The minimum atomic E-state index is -0.739. The molecule has 6 nitrogen and oxygen atoms in total. The third-order valence-electron chi connectivity index (χ3n) is 4.02. The minimum Gasteiger partial charge on any atom is -0.468 e. The van der Waals surface area contributed by atoms with E-state index in [1.165, 1.54) is 25.3 Å². The highest BCUT2D eigenvalue weighted by Gasteiger charge is 2.22. The number of nitrogens with two attached hydrogens (primary N) is 1. The van der Waals surface area contributed by atoms with Gasteiger partial charge >= 0.3 is 5.97 Å². The van der Waals surface area contributed by atoms with Gasteiger partial charge in [-0.25, -0.2) is 4.39 Å². The quantitative estimate of drug-likeness (QED) is 0.412. The van der Waals surface area contributed by atoms with Crippen molar-refractivity contribution in [3.05, 3.63) is 64.3 Å². The molecule has 1 fully saturated rings. The van der Waals surface area contributed by atoms with E-state index in [4.69, 9.17) is 22.7 Å². The molecule has 0 saturated carbocycles. The van der Waals surface area contributed by atoms with Crippen molar-refractivity contribution in [1.82, 2.24) is 5.32 Å². The Balaban J connectivity index is 1.67. The molecule has 0 unspecified atom stereocenters. The van der Waals surface area contributed by atoms with Crippen LogP contribution in [0.5, 0.6) is 11.5 Å². The van der Waals surface area contributed by atoms with Crippen LogP contribution in [0.1, 0.15) is 11.1 Å². The van der Waals surface area contributed by atoms with E-state index in [1.807, 2.05) is 0 Å². The molecule has 3 rings (SSSR count).